The van der Waals surface area contributed by atoms with E-state index < -0.39 is 0 Å². The fraction of sp³-hybridized carbons (Fsp3) is 0.655. The van der Waals surface area contributed by atoms with Gasteiger partial charge in [-0.05, 0) is 67.2 Å². The molecule has 190 valence electrons. The highest BCUT2D eigenvalue weighted by molar-refractivity contribution is 5.78. The molecular formula is C29H42N4O2. The molecule has 4 unspecified atom stereocenters. The number of amides is 1. The molecule has 0 bridgehead atoms. The van der Waals surface area contributed by atoms with E-state index in [1.165, 1.54) is 17.5 Å². The van der Waals surface area contributed by atoms with E-state index in [0.717, 1.165) is 88.9 Å². The molecule has 2 aromatic rings. The maximum atomic E-state index is 13.4. The number of carbonyl (C=O) groups is 1. The Morgan fingerprint density at radius 3 is 2.74 bits per heavy atom. The molecule has 2 fully saturated rings. The van der Waals surface area contributed by atoms with Crippen LogP contribution in [0.5, 0.6) is 5.75 Å². The quantitative estimate of drug-likeness (QED) is 0.428. The first-order valence-electron chi connectivity index (χ1n) is 13.9. The Bertz CT molecular complexity index is 967. The molecule has 6 nitrogen and oxygen atoms in total. The Balaban J connectivity index is 1.28. The predicted octanol–water partition coefficient (Wildman–Crippen LogP) is 5.06. The summed E-state index contributed by atoms with van der Waals surface area (Å²) in [5.74, 6) is 3.32. The number of unbranched alkanes of at least 4 members (excludes halogenated alkanes) is 2. The van der Waals surface area contributed by atoms with Crippen molar-refractivity contribution in [2.75, 3.05) is 32.8 Å². The number of aryl methyl sites for hydroxylation is 1. The normalized spacial score (nSPS) is 25.1. The fourth-order valence-corrected chi connectivity index (χ4v) is 6.01. The molecule has 35 heavy (non-hydrogen) atoms. The van der Waals surface area contributed by atoms with Crippen molar-refractivity contribution in [3.63, 3.8) is 0 Å². The Hall–Kier alpha value is -2.34. The van der Waals surface area contributed by atoms with E-state index in [0.29, 0.717) is 24.4 Å². The van der Waals surface area contributed by atoms with Gasteiger partial charge in [0.25, 0.3) is 0 Å². The van der Waals surface area contributed by atoms with Gasteiger partial charge < -0.3 is 9.64 Å². The summed E-state index contributed by atoms with van der Waals surface area (Å²) in [6.45, 7) is 9.40. The van der Waals surface area contributed by atoms with Gasteiger partial charge in [0.2, 0.25) is 5.91 Å². The average molecular weight is 479 g/mol. The SMILES string of the molecule is CCCCN(CCCC)C(=O)CN1CC(c2ccc3c(c2)OCC2CC32)CC1CCn1cccn1. The number of likely N-dealkylation sites (tertiary alicyclic amines) is 1. The van der Waals surface area contributed by atoms with Crippen molar-refractivity contribution in [1.82, 2.24) is 19.6 Å². The predicted molar refractivity (Wildman–Crippen MR) is 139 cm³/mol. The maximum Gasteiger partial charge on any atom is 0.236 e. The van der Waals surface area contributed by atoms with Crippen LogP contribution in [-0.4, -0.2) is 64.3 Å². The molecule has 1 aromatic carbocycles. The van der Waals surface area contributed by atoms with E-state index >= 15 is 0 Å². The number of carbonyl (C=O) groups excluding carboxylic acids is 1. The highest BCUT2D eigenvalue weighted by Crippen LogP contribution is 2.54. The van der Waals surface area contributed by atoms with E-state index in [-0.39, 0.29) is 0 Å². The third kappa shape index (κ3) is 5.74. The lowest BCUT2D eigenvalue weighted by Crippen LogP contribution is -2.43. The van der Waals surface area contributed by atoms with Gasteiger partial charge in [0.1, 0.15) is 5.75 Å². The second kappa shape index (κ2) is 11.2. The summed E-state index contributed by atoms with van der Waals surface area (Å²) in [4.78, 5) is 18.0. The zero-order valence-electron chi connectivity index (χ0n) is 21.6. The first-order valence-corrected chi connectivity index (χ1v) is 13.9. The van der Waals surface area contributed by atoms with Gasteiger partial charge in [0, 0.05) is 50.5 Å². The minimum Gasteiger partial charge on any atom is -0.493 e. The Morgan fingerprint density at radius 1 is 1.17 bits per heavy atom. The van der Waals surface area contributed by atoms with Crippen molar-refractivity contribution in [1.29, 1.82) is 0 Å². The fourth-order valence-electron chi connectivity index (χ4n) is 6.01. The topological polar surface area (TPSA) is 50.6 Å². The lowest BCUT2D eigenvalue weighted by atomic mass is 9.93. The maximum absolute atomic E-state index is 13.4. The van der Waals surface area contributed by atoms with Gasteiger partial charge in [-0.25, -0.2) is 0 Å². The molecule has 6 heteroatoms. The number of ether oxygens (including phenoxy) is 1. The molecule has 1 saturated heterocycles. The van der Waals surface area contributed by atoms with Gasteiger partial charge in [-0.15, -0.1) is 0 Å². The van der Waals surface area contributed by atoms with E-state index in [1.54, 1.807) is 0 Å². The third-order valence-electron chi connectivity index (χ3n) is 8.32. The molecule has 0 N–H and O–H groups in total. The summed E-state index contributed by atoms with van der Waals surface area (Å²) in [6, 6.07) is 9.32. The first-order chi connectivity index (χ1) is 17.2. The van der Waals surface area contributed by atoms with Crippen molar-refractivity contribution in [2.45, 2.75) is 83.2 Å². The molecule has 5 rings (SSSR count). The molecule has 3 heterocycles. The summed E-state index contributed by atoms with van der Waals surface area (Å²) in [5.41, 5.74) is 2.78. The van der Waals surface area contributed by atoms with E-state index in [1.807, 2.05) is 23.1 Å². The van der Waals surface area contributed by atoms with Gasteiger partial charge >= 0.3 is 0 Å². The van der Waals surface area contributed by atoms with Crippen LogP contribution in [0.1, 0.15) is 81.8 Å². The van der Waals surface area contributed by atoms with Crippen molar-refractivity contribution in [3.8, 4) is 5.75 Å². The van der Waals surface area contributed by atoms with Crippen LogP contribution < -0.4 is 4.74 Å². The molecule has 1 aromatic heterocycles. The zero-order valence-corrected chi connectivity index (χ0v) is 21.6. The minimum absolute atomic E-state index is 0.296. The van der Waals surface area contributed by atoms with Crippen molar-refractivity contribution in [3.05, 3.63) is 47.8 Å². The monoisotopic (exact) mass is 478 g/mol. The number of nitrogens with zero attached hydrogens (tertiary/aromatic N) is 4. The molecule has 0 spiro atoms. The number of hydrogen-bond donors (Lipinski definition) is 0. The minimum atomic E-state index is 0.296. The molecule has 4 atom stereocenters. The van der Waals surface area contributed by atoms with Gasteiger partial charge in [-0.2, -0.15) is 5.10 Å². The zero-order chi connectivity index (χ0) is 24.2. The van der Waals surface area contributed by atoms with Crippen LogP contribution in [0, 0.1) is 5.92 Å². The second-order valence-electron chi connectivity index (χ2n) is 10.9. The highest BCUT2D eigenvalue weighted by Gasteiger charge is 2.44. The standard InChI is InChI=1S/C29H42N4O2/c1-3-5-12-31(13-6-4-2)29(34)20-32-19-23(16-25(32)10-15-33-14-7-11-30-33)22-8-9-26-27-17-24(27)21-35-28(26)18-22/h7-9,11,14,18,23-25,27H,3-6,10,12-13,15-17,19-21H2,1-2H3. The molecule has 1 saturated carbocycles. The second-order valence-corrected chi connectivity index (χ2v) is 10.9. The molecule has 1 amide bonds. The van der Waals surface area contributed by atoms with E-state index in [2.05, 4.69) is 46.9 Å². The summed E-state index contributed by atoms with van der Waals surface area (Å²) in [5, 5.41) is 4.40. The molecular weight excluding hydrogens is 436 g/mol. The summed E-state index contributed by atoms with van der Waals surface area (Å²) in [6.07, 6.45) is 11.7. The van der Waals surface area contributed by atoms with Gasteiger partial charge in [0.15, 0.2) is 0 Å². The van der Waals surface area contributed by atoms with Gasteiger partial charge in [-0.1, -0.05) is 38.8 Å². The van der Waals surface area contributed by atoms with Crippen LogP contribution >= 0.6 is 0 Å². The Morgan fingerprint density at radius 2 is 2.00 bits per heavy atom. The largest absolute Gasteiger partial charge is 0.493 e. The van der Waals surface area contributed by atoms with E-state index in [9.17, 15) is 4.79 Å². The molecule has 3 aliphatic rings. The Labute approximate surface area is 210 Å². The van der Waals surface area contributed by atoms with Gasteiger partial charge in [0.05, 0.1) is 13.2 Å². The number of aromatic nitrogens is 2. The molecule has 0 radical (unpaired) electrons. The lowest BCUT2D eigenvalue weighted by molar-refractivity contribution is -0.132. The average Bonchev–Trinajstić information content (AvgIpc) is 3.28. The first kappa shape index (κ1) is 24.4. The molecule has 1 aliphatic carbocycles. The van der Waals surface area contributed by atoms with Crippen LogP contribution in [0.3, 0.4) is 0 Å². The number of hydrogen-bond acceptors (Lipinski definition) is 4. The van der Waals surface area contributed by atoms with Crippen molar-refractivity contribution < 1.29 is 9.53 Å². The summed E-state index contributed by atoms with van der Waals surface area (Å²) >= 11 is 0. The van der Waals surface area contributed by atoms with Crippen LogP contribution in [0.15, 0.2) is 36.7 Å². The summed E-state index contributed by atoms with van der Waals surface area (Å²) < 4.78 is 8.13. The number of benzene rings is 1. The molecule has 2 aliphatic heterocycles. The number of rotatable bonds is 12. The van der Waals surface area contributed by atoms with Crippen LogP contribution in [0.4, 0.5) is 0 Å². The Kier molecular flexibility index (Phi) is 7.76. The van der Waals surface area contributed by atoms with Gasteiger partial charge in [-0.3, -0.25) is 14.4 Å². The van der Waals surface area contributed by atoms with Crippen molar-refractivity contribution in [2.24, 2.45) is 5.92 Å². The van der Waals surface area contributed by atoms with Crippen LogP contribution in [0.2, 0.25) is 0 Å². The summed E-state index contributed by atoms with van der Waals surface area (Å²) in [7, 11) is 0. The number of fused-ring (bicyclic) bond motifs is 3. The third-order valence-corrected chi connectivity index (χ3v) is 8.32. The van der Waals surface area contributed by atoms with Crippen molar-refractivity contribution >= 4 is 5.91 Å². The highest BCUT2D eigenvalue weighted by atomic mass is 16.5. The smallest absolute Gasteiger partial charge is 0.236 e. The van der Waals surface area contributed by atoms with Crippen LogP contribution in [-0.2, 0) is 11.3 Å². The lowest BCUT2D eigenvalue weighted by Gasteiger charge is -2.28. The van der Waals surface area contributed by atoms with E-state index in [4.69, 9.17) is 4.74 Å². The van der Waals surface area contributed by atoms with Crippen LogP contribution in [0.25, 0.3) is 0 Å².